The smallest absolute Gasteiger partial charge is 0.240 e. The van der Waals surface area contributed by atoms with Crippen molar-refractivity contribution in [3.63, 3.8) is 0 Å². The van der Waals surface area contributed by atoms with E-state index >= 15 is 0 Å². The lowest BCUT2D eigenvalue weighted by molar-refractivity contribution is 0.358. The Balaban J connectivity index is 0.00000264. The van der Waals surface area contributed by atoms with Crippen LogP contribution in [0.25, 0.3) is 0 Å². The third kappa shape index (κ3) is 6.07. The number of benzene rings is 1. The predicted octanol–water partition coefficient (Wildman–Crippen LogP) is 3.07. The number of rotatable bonds is 5. The lowest BCUT2D eigenvalue weighted by Gasteiger charge is -2.22. The molecule has 1 atom stereocenters. The van der Waals surface area contributed by atoms with Gasteiger partial charge in [-0.15, -0.1) is 12.4 Å². The molecule has 4 nitrogen and oxygen atoms in total. The topological polar surface area (TPSA) is 58.2 Å². The van der Waals surface area contributed by atoms with Gasteiger partial charge in [0, 0.05) is 6.54 Å². The Kier molecular flexibility index (Phi) is 7.52. The second-order valence-corrected chi connectivity index (χ2v) is 8.94. The van der Waals surface area contributed by atoms with E-state index in [1.165, 1.54) is 12.8 Å². The zero-order valence-corrected chi connectivity index (χ0v) is 15.9. The Morgan fingerprint density at radius 3 is 2.39 bits per heavy atom. The monoisotopic (exact) mass is 360 g/mol. The molecule has 0 radical (unpaired) electrons. The van der Waals surface area contributed by atoms with Crippen LogP contribution in [0.3, 0.4) is 0 Å². The summed E-state index contributed by atoms with van der Waals surface area (Å²) in [6.45, 7) is 8.95. The van der Waals surface area contributed by atoms with Crippen LogP contribution < -0.4 is 10.0 Å². The molecule has 0 spiro atoms. The number of halogens is 1. The maximum atomic E-state index is 12.3. The lowest BCUT2D eigenvalue weighted by Crippen LogP contribution is -2.33. The van der Waals surface area contributed by atoms with Gasteiger partial charge in [0.05, 0.1) is 4.90 Å². The van der Waals surface area contributed by atoms with Crippen LogP contribution in [0.1, 0.15) is 45.6 Å². The minimum Gasteiger partial charge on any atom is -0.316 e. The van der Waals surface area contributed by atoms with Gasteiger partial charge >= 0.3 is 0 Å². The molecule has 1 fully saturated rings. The quantitative estimate of drug-likeness (QED) is 0.848. The summed E-state index contributed by atoms with van der Waals surface area (Å²) in [4.78, 5) is 0.349. The highest BCUT2D eigenvalue weighted by Crippen LogP contribution is 2.23. The van der Waals surface area contributed by atoms with Gasteiger partial charge in [0.2, 0.25) is 10.0 Å². The molecule has 1 aliphatic rings. The Bertz CT molecular complexity index is 574. The number of nitrogens with one attached hydrogen (secondary N) is 2. The van der Waals surface area contributed by atoms with Crippen LogP contribution >= 0.6 is 12.4 Å². The number of piperidine rings is 1. The van der Waals surface area contributed by atoms with E-state index in [2.05, 4.69) is 30.8 Å². The molecular weight excluding hydrogens is 332 g/mol. The molecule has 23 heavy (non-hydrogen) atoms. The van der Waals surface area contributed by atoms with Gasteiger partial charge in [-0.05, 0) is 61.4 Å². The van der Waals surface area contributed by atoms with Gasteiger partial charge in [0.15, 0.2) is 0 Å². The second-order valence-electron chi connectivity index (χ2n) is 7.17. The summed E-state index contributed by atoms with van der Waals surface area (Å²) in [6.07, 6.45) is 3.27. The molecule has 1 aromatic carbocycles. The third-order valence-electron chi connectivity index (χ3n) is 4.27. The molecule has 1 aliphatic heterocycles. The van der Waals surface area contributed by atoms with Crippen molar-refractivity contribution < 1.29 is 8.42 Å². The summed E-state index contributed by atoms with van der Waals surface area (Å²) in [5, 5.41) is 3.36. The molecule has 0 aliphatic carbocycles. The average molecular weight is 361 g/mol. The highest BCUT2D eigenvalue weighted by molar-refractivity contribution is 7.89. The van der Waals surface area contributed by atoms with Crippen LogP contribution in [0.2, 0.25) is 0 Å². The molecule has 0 amide bonds. The summed E-state index contributed by atoms with van der Waals surface area (Å²) < 4.78 is 27.3. The molecule has 1 unspecified atom stereocenters. The van der Waals surface area contributed by atoms with Crippen LogP contribution in [0.15, 0.2) is 29.2 Å². The van der Waals surface area contributed by atoms with Crippen molar-refractivity contribution in [2.75, 3.05) is 19.6 Å². The maximum Gasteiger partial charge on any atom is 0.240 e. The first-order valence-corrected chi connectivity index (χ1v) is 9.58. The fraction of sp³-hybridized carbons (Fsp3) is 0.647. The first kappa shape index (κ1) is 20.4. The van der Waals surface area contributed by atoms with Crippen molar-refractivity contribution in [2.24, 2.45) is 5.92 Å². The first-order chi connectivity index (χ1) is 10.3. The first-order valence-electron chi connectivity index (χ1n) is 8.10. The minimum atomic E-state index is -3.39. The fourth-order valence-corrected chi connectivity index (χ4v) is 3.83. The highest BCUT2D eigenvalue weighted by atomic mass is 35.5. The van der Waals surface area contributed by atoms with Gasteiger partial charge < -0.3 is 5.32 Å². The number of hydrogen-bond acceptors (Lipinski definition) is 3. The zero-order valence-electron chi connectivity index (χ0n) is 14.3. The second kappa shape index (κ2) is 8.47. The van der Waals surface area contributed by atoms with Crippen molar-refractivity contribution in [3.8, 4) is 0 Å². The molecular formula is C17H29ClN2O2S. The minimum absolute atomic E-state index is 0. The SMILES string of the molecule is CC(C)(C)c1ccc(S(=O)(=O)NCCC2CCCNC2)cc1.Cl. The number of hydrogen-bond donors (Lipinski definition) is 2. The summed E-state index contributed by atoms with van der Waals surface area (Å²) in [5.74, 6) is 0.583. The van der Waals surface area contributed by atoms with Crippen LogP contribution in [0.4, 0.5) is 0 Å². The molecule has 1 aromatic rings. The van der Waals surface area contributed by atoms with Crippen molar-refractivity contribution in [3.05, 3.63) is 29.8 Å². The van der Waals surface area contributed by atoms with Crippen LogP contribution in [-0.4, -0.2) is 28.1 Å². The van der Waals surface area contributed by atoms with Gasteiger partial charge in [0.25, 0.3) is 0 Å². The normalized spacial score (nSPS) is 19.2. The lowest BCUT2D eigenvalue weighted by atomic mass is 9.87. The van der Waals surface area contributed by atoms with E-state index in [1.807, 2.05) is 12.1 Å². The Hall–Kier alpha value is -0.620. The molecule has 132 valence electrons. The highest BCUT2D eigenvalue weighted by Gasteiger charge is 2.18. The van der Waals surface area contributed by atoms with Crippen molar-refractivity contribution in [1.29, 1.82) is 0 Å². The predicted molar refractivity (Wildman–Crippen MR) is 97.8 cm³/mol. The maximum absolute atomic E-state index is 12.3. The van der Waals surface area contributed by atoms with E-state index in [-0.39, 0.29) is 17.8 Å². The Morgan fingerprint density at radius 2 is 1.87 bits per heavy atom. The van der Waals surface area contributed by atoms with Gasteiger partial charge in [0.1, 0.15) is 0 Å². The summed E-state index contributed by atoms with van der Waals surface area (Å²) in [5.41, 5.74) is 1.17. The van der Waals surface area contributed by atoms with Gasteiger partial charge in [-0.3, -0.25) is 0 Å². The van der Waals surface area contributed by atoms with Crippen LogP contribution in [0.5, 0.6) is 0 Å². The molecule has 1 heterocycles. The number of sulfonamides is 1. The summed E-state index contributed by atoms with van der Waals surface area (Å²) in [6, 6.07) is 7.20. The third-order valence-corrected chi connectivity index (χ3v) is 5.75. The average Bonchev–Trinajstić information content (AvgIpc) is 2.47. The largest absolute Gasteiger partial charge is 0.316 e. The van der Waals surface area contributed by atoms with Gasteiger partial charge in [-0.2, -0.15) is 0 Å². The molecule has 1 saturated heterocycles. The molecule has 0 bridgehead atoms. The molecule has 0 saturated carbocycles. The van der Waals surface area contributed by atoms with Gasteiger partial charge in [-0.1, -0.05) is 32.9 Å². The van der Waals surface area contributed by atoms with Crippen molar-refractivity contribution in [2.45, 2.75) is 50.3 Å². The molecule has 6 heteroatoms. The van der Waals surface area contributed by atoms with Crippen LogP contribution in [0, 0.1) is 5.92 Å². The zero-order chi connectivity index (χ0) is 16.2. The van der Waals surface area contributed by atoms with Crippen molar-refractivity contribution >= 4 is 22.4 Å². The molecule has 0 aromatic heterocycles. The van der Waals surface area contributed by atoms with E-state index in [0.29, 0.717) is 17.4 Å². The van der Waals surface area contributed by atoms with E-state index in [9.17, 15) is 8.42 Å². The fourth-order valence-electron chi connectivity index (χ4n) is 2.79. The van der Waals surface area contributed by atoms with Gasteiger partial charge in [-0.25, -0.2) is 13.1 Å². The van der Waals surface area contributed by atoms with E-state index in [4.69, 9.17) is 0 Å². The van der Waals surface area contributed by atoms with E-state index in [1.54, 1.807) is 12.1 Å². The van der Waals surface area contributed by atoms with E-state index < -0.39 is 10.0 Å². The standard InChI is InChI=1S/C17H28N2O2S.ClH/c1-17(2,3)15-6-8-16(9-7-15)22(20,21)19-12-10-14-5-4-11-18-13-14;/h6-9,14,18-19H,4-5,10-13H2,1-3H3;1H. The summed E-state index contributed by atoms with van der Waals surface area (Å²) >= 11 is 0. The Labute approximate surface area is 146 Å². The summed E-state index contributed by atoms with van der Waals surface area (Å²) in [7, 11) is -3.39. The van der Waals surface area contributed by atoms with Crippen molar-refractivity contribution in [1.82, 2.24) is 10.0 Å². The molecule has 2 N–H and O–H groups in total. The van der Waals surface area contributed by atoms with E-state index in [0.717, 1.165) is 25.1 Å². The van der Waals surface area contributed by atoms with Crippen LogP contribution in [-0.2, 0) is 15.4 Å². The Morgan fingerprint density at radius 1 is 1.22 bits per heavy atom. The molecule has 2 rings (SSSR count).